The zero-order valence-electron chi connectivity index (χ0n) is 16.0. The summed E-state index contributed by atoms with van der Waals surface area (Å²) in [6, 6.07) is 14.5. The maximum absolute atomic E-state index is 12.8. The summed E-state index contributed by atoms with van der Waals surface area (Å²) < 4.78 is 10.8. The van der Waals surface area contributed by atoms with Gasteiger partial charge in [-0.25, -0.2) is 4.79 Å². The molecule has 8 heteroatoms. The molecule has 1 fully saturated rings. The van der Waals surface area contributed by atoms with Crippen molar-refractivity contribution in [3.63, 3.8) is 0 Å². The van der Waals surface area contributed by atoms with Crippen molar-refractivity contribution >= 4 is 23.3 Å². The van der Waals surface area contributed by atoms with Crippen molar-refractivity contribution in [3.8, 4) is 17.1 Å². The Kier molecular flexibility index (Phi) is 5.67. The normalized spacial score (nSPS) is 16.5. The van der Waals surface area contributed by atoms with Crippen molar-refractivity contribution in [2.24, 2.45) is 0 Å². The number of hydrogen-bond acceptors (Lipinski definition) is 5. The molecule has 4 rings (SSSR count). The topological polar surface area (TPSA) is 80.5 Å². The molecule has 150 valence electrons. The van der Waals surface area contributed by atoms with E-state index in [1.807, 2.05) is 36.4 Å². The summed E-state index contributed by atoms with van der Waals surface area (Å²) in [6.07, 6.45) is 1.75. The van der Waals surface area contributed by atoms with Crippen LogP contribution in [0.3, 0.4) is 0 Å². The van der Waals surface area contributed by atoms with Crippen LogP contribution in [0.4, 0.5) is 10.5 Å². The number of nitrogens with one attached hydrogen (secondary N) is 1. The van der Waals surface area contributed by atoms with E-state index in [-0.39, 0.29) is 11.9 Å². The number of amides is 2. The first-order chi connectivity index (χ1) is 14.1. The van der Waals surface area contributed by atoms with E-state index >= 15 is 0 Å². The molecule has 1 saturated heterocycles. The van der Waals surface area contributed by atoms with Gasteiger partial charge in [0.15, 0.2) is 0 Å². The van der Waals surface area contributed by atoms with Crippen LogP contribution in [0.2, 0.25) is 5.02 Å². The number of likely N-dealkylation sites (tertiary alicyclic amines) is 1. The Morgan fingerprint density at radius 3 is 2.83 bits per heavy atom. The van der Waals surface area contributed by atoms with Crippen LogP contribution < -0.4 is 10.1 Å². The third kappa shape index (κ3) is 4.35. The summed E-state index contributed by atoms with van der Waals surface area (Å²) in [4.78, 5) is 19.1. The van der Waals surface area contributed by atoms with Gasteiger partial charge in [-0.15, -0.1) is 0 Å². The Bertz CT molecular complexity index is 990. The monoisotopic (exact) mass is 412 g/mol. The van der Waals surface area contributed by atoms with E-state index in [0.717, 1.165) is 18.4 Å². The van der Waals surface area contributed by atoms with Crippen LogP contribution in [0.5, 0.6) is 5.75 Å². The Hall–Kier alpha value is -3.06. The number of urea groups is 1. The van der Waals surface area contributed by atoms with Crippen LogP contribution in [-0.4, -0.2) is 41.3 Å². The van der Waals surface area contributed by atoms with Gasteiger partial charge in [0.1, 0.15) is 5.75 Å². The molecule has 2 aromatic carbocycles. The molecule has 0 spiro atoms. The lowest BCUT2D eigenvalue weighted by atomic mass is 9.98. The number of ether oxygens (including phenoxy) is 1. The summed E-state index contributed by atoms with van der Waals surface area (Å²) >= 11 is 5.93. The molecule has 1 aliphatic heterocycles. The summed E-state index contributed by atoms with van der Waals surface area (Å²) in [5, 5.41) is 7.66. The van der Waals surface area contributed by atoms with E-state index in [4.69, 9.17) is 20.9 Å². The van der Waals surface area contributed by atoms with Crippen LogP contribution in [-0.2, 0) is 0 Å². The summed E-state index contributed by atoms with van der Waals surface area (Å²) in [7, 11) is 1.58. The molecule has 1 aliphatic rings. The highest BCUT2D eigenvalue weighted by Gasteiger charge is 2.29. The fourth-order valence-corrected chi connectivity index (χ4v) is 3.55. The molecule has 29 heavy (non-hydrogen) atoms. The predicted octanol–water partition coefficient (Wildman–Crippen LogP) is 4.81. The van der Waals surface area contributed by atoms with Gasteiger partial charge in [0.2, 0.25) is 11.7 Å². The molecule has 1 N–H and O–H groups in total. The van der Waals surface area contributed by atoms with Crippen molar-refractivity contribution in [2.45, 2.75) is 18.8 Å². The summed E-state index contributed by atoms with van der Waals surface area (Å²) in [6.45, 7) is 1.19. The third-order valence-corrected chi connectivity index (χ3v) is 5.20. The van der Waals surface area contributed by atoms with Crippen molar-refractivity contribution in [2.75, 3.05) is 25.5 Å². The average Bonchev–Trinajstić information content (AvgIpc) is 3.25. The van der Waals surface area contributed by atoms with E-state index in [0.29, 0.717) is 41.3 Å². The van der Waals surface area contributed by atoms with Gasteiger partial charge in [0.05, 0.1) is 18.7 Å². The Morgan fingerprint density at radius 2 is 2.03 bits per heavy atom. The first kappa shape index (κ1) is 19.3. The minimum Gasteiger partial charge on any atom is -0.495 e. The summed E-state index contributed by atoms with van der Waals surface area (Å²) in [5.41, 5.74) is 1.48. The number of carbonyl (C=O) groups is 1. The number of aromatic nitrogens is 2. The minimum atomic E-state index is -0.170. The van der Waals surface area contributed by atoms with Crippen molar-refractivity contribution in [1.82, 2.24) is 15.0 Å². The predicted molar refractivity (Wildman–Crippen MR) is 110 cm³/mol. The number of methoxy groups -OCH3 is 1. The van der Waals surface area contributed by atoms with E-state index < -0.39 is 0 Å². The number of rotatable bonds is 4. The highest BCUT2D eigenvalue weighted by atomic mass is 35.5. The molecule has 0 bridgehead atoms. The first-order valence-electron chi connectivity index (χ1n) is 9.42. The van der Waals surface area contributed by atoms with Gasteiger partial charge < -0.3 is 19.5 Å². The molecule has 0 aliphatic carbocycles. The molecule has 2 heterocycles. The quantitative estimate of drug-likeness (QED) is 0.665. The lowest BCUT2D eigenvalue weighted by Crippen LogP contribution is -2.41. The number of carbonyl (C=O) groups excluding carboxylic acids is 1. The molecule has 1 atom stereocenters. The van der Waals surface area contributed by atoms with Crippen LogP contribution in [0.1, 0.15) is 24.7 Å². The molecular formula is C21H21ClN4O3. The van der Waals surface area contributed by atoms with Gasteiger partial charge in [0, 0.05) is 23.7 Å². The Morgan fingerprint density at radius 1 is 1.24 bits per heavy atom. The van der Waals surface area contributed by atoms with Gasteiger partial charge in [0.25, 0.3) is 0 Å². The van der Waals surface area contributed by atoms with Crippen LogP contribution in [0.15, 0.2) is 53.1 Å². The van der Waals surface area contributed by atoms with Gasteiger partial charge in [-0.05, 0) is 49.2 Å². The summed E-state index contributed by atoms with van der Waals surface area (Å²) in [5.74, 6) is 1.69. The molecule has 7 nitrogen and oxygen atoms in total. The lowest BCUT2D eigenvalue weighted by molar-refractivity contribution is 0.184. The molecule has 0 radical (unpaired) electrons. The molecule has 0 saturated carbocycles. The van der Waals surface area contributed by atoms with Crippen molar-refractivity contribution in [1.29, 1.82) is 0 Å². The average molecular weight is 413 g/mol. The maximum atomic E-state index is 12.8. The van der Waals surface area contributed by atoms with Gasteiger partial charge >= 0.3 is 6.03 Å². The molecule has 2 amide bonds. The van der Waals surface area contributed by atoms with Crippen molar-refractivity contribution < 1.29 is 14.1 Å². The fourth-order valence-electron chi connectivity index (χ4n) is 3.42. The van der Waals surface area contributed by atoms with Crippen LogP contribution in [0, 0.1) is 0 Å². The number of anilines is 1. The number of halogens is 1. The van der Waals surface area contributed by atoms with Gasteiger partial charge in [-0.2, -0.15) is 4.98 Å². The van der Waals surface area contributed by atoms with Crippen LogP contribution >= 0.6 is 11.6 Å². The number of nitrogens with zero attached hydrogens (tertiary/aromatic N) is 3. The number of piperidine rings is 1. The SMILES string of the molecule is COc1ccccc1NC(=O)N1CCC[C@H](c2nc(-c3ccc(Cl)cc3)no2)C1. The standard InChI is InChI=1S/C21H21ClN4O3/c1-28-18-7-3-2-6-17(18)23-21(27)26-12-4-5-15(13-26)20-24-19(25-29-20)14-8-10-16(22)11-9-14/h2-3,6-11,15H,4-5,12-13H2,1H3,(H,23,27)/t15-/m0/s1. The largest absolute Gasteiger partial charge is 0.495 e. The highest BCUT2D eigenvalue weighted by Crippen LogP contribution is 2.29. The fraction of sp³-hybridized carbons (Fsp3) is 0.286. The first-order valence-corrected chi connectivity index (χ1v) is 9.80. The second kappa shape index (κ2) is 8.53. The second-order valence-electron chi connectivity index (χ2n) is 6.88. The number of para-hydroxylation sites is 2. The van der Waals surface area contributed by atoms with E-state index in [1.165, 1.54) is 0 Å². The maximum Gasteiger partial charge on any atom is 0.321 e. The minimum absolute atomic E-state index is 0.000666. The van der Waals surface area contributed by atoms with Crippen molar-refractivity contribution in [3.05, 3.63) is 59.4 Å². The molecule has 3 aromatic rings. The Labute approximate surface area is 173 Å². The van der Waals surface area contributed by atoms with Gasteiger partial charge in [-0.3, -0.25) is 0 Å². The van der Waals surface area contributed by atoms with E-state index in [1.54, 1.807) is 24.1 Å². The zero-order chi connectivity index (χ0) is 20.2. The van der Waals surface area contributed by atoms with Crippen LogP contribution in [0.25, 0.3) is 11.4 Å². The van der Waals surface area contributed by atoms with Gasteiger partial charge in [-0.1, -0.05) is 28.9 Å². The number of benzene rings is 2. The smallest absolute Gasteiger partial charge is 0.321 e. The highest BCUT2D eigenvalue weighted by molar-refractivity contribution is 6.30. The zero-order valence-corrected chi connectivity index (χ0v) is 16.7. The lowest BCUT2D eigenvalue weighted by Gasteiger charge is -2.31. The number of hydrogen-bond donors (Lipinski definition) is 1. The second-order valence-corrected chi connectivity index (χ2v) is 7.32. The molecular weight excluding hydrogens is 392 g/mol. The van der Waals surface area contributed by atoms with E-state index in [9.17, 15) is 4.79 Å². The molecule has 1 aromatic heterocycles. The Balaban J connectivity index is 1.44. The van der Waals surface area contributed by atoms with E-state index in [2.05, 4.69) is 15.5 Å². The molecule has 0 unspecified atom stereocenters. The third-order valence-electron chi connectivity index (χ3n) is 4.95.